The number of ether oxygens (including phenoxy) is 2. The van der Waals surface area contributed by atoms with Gasteiger partial charge < -0.3 is 25.1 Å². The Labute approximate surface area is 279 Å². The van der Waals surface area contributed by atoms with Gasteiger partial charge in [0.25, 0.3) is 0 Å². The molecule has 8 rings (SSSR count). The summed E-state index contributed by atoms with van der Waals surface area (Å²) in [5, 5.41) is 6.00. The molecule has 0 atom stereocenters. The third-order valence-corrected chi connectivity index (χ3v) is 10.2. The highest BCUT2D eigenvalue weighted by atomic mass is 16.5. The number of hydrogen-bond donors (Lipinski definition) is 2. The average Bonchev–Trinajstić information content (AvgIpc) is 3.74. The number of fused-ring (bicyclic) bond motifs is 2. The van der Waals surface area contributed by atoms with Crippen LogP contribution in [0.15, 0.2) is 73.1 Å². The van der Waals surface area contributed by atoms with Gasteiger partial charge >= 0.3 is 0 Å². The zero-order valence-electron chi connectivity index (χ0n) is 27.5. The molecule has 2 fully saturated rings. The summed E-state index contributed by atoms with van der Waals surface area (Å²) in [6.07, 6.45) is 6.57. The fourth-order valence-corrected chi connectivity index (χ4v) is 7.58. The van der Waals surface area contributed by atoms with Crippen LogP contribution in [0.25, 0.3) is 33.3 Å². The van der Waals surface area contributed by atoms with E-state index in [1.807, 2.05) is 30.3 Å². The van der Waals surface area contributed by atoms with E-state index in [4.69, 9.17) is 30.3 Å². The van der Waals surface area contributed by atoms with Gasteiger partial charge in [0.05, 0.1) is 36.7 Å². The molecule has 3 aromatic heterocycles. The normalized spacial score (nSPS) is 18.8. The van der Waals surface area contributed by atoms with Crippen molar-refractivity contribution < 1.29 is 9.47 Å². The fraction of sp³-hybridized carbons (Fsp3) is 0.351. The molecule has 0 spiro atoms. The summed E-state index contributed by atoms with van der Waals surface area (Å²) in [6.45, 7) is 4.24. The zero-order valence-corrected chi connectivity index (χ0v) is 27.5. The second kappa shape index (κ2) is 12.8. The summed E-state index contributed by atoms with van der Waals surface area (Å²) < 4.78 is 13.0. The molecule has 0 unspecified atom stereocenters. The largest absolute Gasteiger partial charge is 0.497 e. The first-order valence-corrected chi connectivity index (χ1v) is 16.8. The van der Waals surface area contributed by atoms with Crippen molar-refractivity contribution in [1.82, 2.24) is 34.6 Å². The van der Waals surface area contributed by atoms with Gasteiger partial charge in [-0.1, -0.05) is 24.3 Å². The Hall–Kier alpha value is -5.16. The molecule has 48 heavy (non-hydrogen) atoms. The molecule has 1 saturated carbocycles. The van der Waals surface area contributed by atoms with E-state index in [-0.39, 0.29) is 6.04 Å². The first kappa shape index (κ1) is 30.2. The third kappa shape index (κ3) is 5.68. The second-order valence-electron chi connectivity index (χ2n) is 12.8. The van der Waals surface area contributed by atoms with Crippen LogP contribution in [0.3, 0.4) is 0 Å². The number of nitrogen functional groups attached to an aromatic ring is 1. The van der Waals surface area contributed by atoms with Gasteiger partial charge in [-0.2, -0.15) is 5.10 Å². The molecule has 11 nitrogen and oxygen atoms in total. The van der Waals surface area contributed by atoms with Crippen LogP contribution in [0.4, 0.5) is 11.5 Å². The van der Waals surface area contributed by atoms with Crippen LogP contribution in [0, 0.1) is 0 Å². The molecule has 246 valence electrons. The second-order valence-corrected chi connectivity index (χ2v) is 12.8. The molecule has 0 radical (unpaired) electrons. The minimum Gasteiger partial charge on any atom is -0.497 e. The maximum Gasteiger partial charge on any atom is 0.164 e. The lowest BCUT2D eigenvalue weighted by atomic mass is 9.90. The highest BCUT2D eigenvalue weighted by Gasteiger charge is 2.31. The summed E-state index contributed by atoms with van der Waals surface area (Å²) in [6, 6.07) is 23.5. The van der Waals surface area contributed by atoms with Gasteiger partial charge in [-0.25, -0.2) is 19.6 Å². The standard InChI is InChI=1S/C37H41N9O2/c1-47-29-14-12-27(13-15-29)45-19-17-44(18-20-45)26-8-10-28(11-9-26)46-37-34(36(38)39-23-40-37)35(43-46)25-7-16-30-31(21-25)42-33(41-30)22-24-5-3-4-6-32(24)48-2/h3-7,12-16,21,23,26,28H,8-11,17-20,22H2,1-2H3,(H,41,42)(H2,38,39,40)/t26-,28+. The predicted molar refractivity (Wildman–Crippen MR) is 189 cm³/mol. The van der Waals surface area contributed by atoms with Crippen molar-refractivity contribution in [1.29, 1.82) is 0 Å². The summed E-state index contributed by atoms with van der Waals surface area (Å²) >= 11 is 0. The fourth-order valence-electron chi connectivity index (χ4n) is 7.58. The Balaban J connectivity index is 0.984. The molecule has 3 aromatic carbocycles. The number of hydrogen-bond acceptors (Lipinski definition) is 9. The van der Waals surface area contributed by atoms with E-state index in [2.05, 4.69) is 60.8 Å². The van der Waals surface area contributed by atoms with Gasteiger partial charge in [0.2, 0.25) is 0 Å². The number of benzene rings is 3. The van der Waals surface area contributed by atoms with Crippen LogP contribution in [0.2, 0.25) is 0 Å². The maximum absolute atomic E-state index is 6.50. The number of para-hydroxylation sites is 1. The topological polar surface area (TPSA) is 123 Å². The van der Waals surface area contributed by atoms with Crippen LogP contribution in [-0.4, -0.2) is 81.1 Å². The van der Waals surface area contributed by atoms with Gasteiger partial charge in [-0.3, -0.25) is 4.90 Å². The van der Waals surface area contributed by atoms with Crippen molar-refractivity contribution in [3.63, 3.8) is 0 Å². The predicted octanol–water partition coefficient (Wildman–Crippen LogP) is 5.87. The van der Waals surface area contributed by atoms with Crippen molar-refractivity contribution in [3.8, 4) is 22.8 Å². The van der Waals surface area contributed by atoms with Crippen molar-refractivity contribution in [3.05, 3.63) is 84.4 Å². The molecular weight excluding hydrogens is 602 g/mol. The van der Waals surface area contributed by atoms with E-state index in [9.17, 15) is 0 Å². The van der Waals surface area contributed by atoms with E-state index in [0.29, 0.717) is 18.3 Å². The minimum atomic E-state index is 0.258. The van der Waals surface area contributed by atoms with Gasteiger partial charge in [-0.15, -0.1) is 0 Å². The number of H-pyrrole nitrogens is 1. The number of aromatic amines is 1. The van der Waals surface area contributed by atoms with Crippen LogP contribution in [0.5, 0.6) is 11.5 Å². The number of nitrogens with one attached hydrogen (secondary N) is 1. The van der Waals surface area contributed by atoms with Crippen LogP contribution >= 0.6 is 0 Å². The number of aromatic nitrogens is 6. The lowest BCUT2D eigenvalue weighted by Gasteiger charge is -2.42. The van der Waals surface area contributed by atoms with E-state index in [0.717, 1.165) is 108 Å². The summed E-state index contributed by atoms with van der Waals surface area (Å²) in [4.78, 5) is 22.6. The van der Waals surface area contributed by atoms with Crippen molar-refractivity contribution in [2.24, 2.45) is 0 Å². The van der Waals surface area contributed by atoms with Gasteiger partial charge in [-0.05, 0) is 68.1 Å². The molecule has 11 heteroatoms. The lowest BCUT2D eigenvalue weighted by Crippen LogP contribution is -2.51. The highest BCUT2D eigenvalue weighted by Crippen LogP contribution is 2.38. The van der Waals surface area contributed by atoms with E-state index in [1.54, 1.807) is 20.5 Å². The molecule has 1 saturated heterocycles. The Bertz CT molecular complexity index is 2040. The van der Waals surface area contributed by atoms with Gasteiger partial charge in [0.15, 0.2) is 5.65 Å². The molecule has 1 aliphatic carbocycles. The van der Waals surface area contributed by atoms with Gasteiger partial charge in [0.1, 0.15) is 35.2 Å². The van der Waals surface area contributed by atoms with Crippen molar-refractivity contribution in [2.75, 3.05) is 51.0 Å². The van der Waals surface area contributed by atoms with E-state index >= 15 is 0 Å². The Morgan fingerprint density at radius 2 is 1.62 bits per heavy atom. The van der Waals surface area contributed by atoms with Crippen LogP contribution in [-0.2, 0) is 6.42 Å². The number of methoxy groups -OCH3 is 2. The van der Waals surface area contributed by atoms with Gasteiger partial charge in [0, 0.05) is 55.5 Å². The average molecular weight is 644 g/mol. The molecule has 2 aliphatic rings. The van der Waals surface area contributed by atoms with E-state index in [1.165, 1.54) is 5.69 Å². The highest BCUT2D eigenvalue weighted by molar-refractivity contribution is 5.99. The van der Waals surface area contributed by atoms with Crippen LogP contribution in [0.1, 0.15) is 43.1 Å². The smallest absolute Gasteiger partial charge is 0.164 e. The summed E-state index contributed by atoms with van der Waals surface area (Å²) in [7, 11) is 3.41. The first-order chi connectivity index (χ1) is 23.6. The number of anilines is 2. The molecule has 6 aromatic rings. The lowest BCUT2D eigenvalue weighted by molar-refractivity contribution is 0.129. The number of nitrogens with zero attached hydrogens (tertiary/aromatic N) is 7. The molecule has 0 amide bonds. The van der Waals surface area contributed by atoms with E-state index < -0.39 is 0 Å². The Morgan fingerprint density at radius 1 is 0.854 bits per heavy atom. The molecule has 3 N–H and O–H groups in total. The molecule has 0 bridgehead atoms. The first-order valence-electron chi connectivity index (χ1n) is 16.8. The Kier molecular flexibility index (Phi) is 8.05. The summed E-state index contributed by atoms with van der Waals surface area (Å²) in [5.74, 6) is 3.08. The minimum absolute atomic E-state index is 0.258. The molecule has 1 aliphatic heterocycles. The molecule has 4 heterocycles. The molecular formula is C37H41N9O2. The number of nitrogens with two attached hydrogens (primary N) is 1. The number of rotatable bonds is 8. The summed E-state index contributed by atoms with van der Waals surface area (Å²) in [5.41, 5.74) is 13.2. The number of imidazole rings is 1. The van der Waals surface area contributed by atoms with Crippen molar-refractivity contribution >= 4 is 33.6 Å². The maximum atomic E-state index is 6.50. The quantitative estimate of drug-likeness (QED) is 0.210. The third-order valence-electron chi connectivity index (χ3n) is 10.2. The van der Waals surface area contributed by atoms with Crippen LogP contribution < -0.4 is 20.1 Å². The van der Waals surface area contributed by atoms with Crippen molar-refractivity contribution in [2.45, 2.75) is 44.2 Å². The number of piperazine rings is 1. The zero-order chi connectivity index (χ0) is 32.6. The Morgan fingerprint density at radius 3 is 2.40 bits per heavy atom. The monoisotopic (exact) mass is 643 g/mol. The SMILES string of the molecule is COc1ccc(N2CCN([C@H]3CC[C@@H](n4nc(-c5ccc6[nH]c(Cc7ccccc7OC)nc6c5)c5c(N)ncnc54)CC3)CC2)cc1.